The fraction of sp³-hybridized carbons (Fsp3) is 0.133. The molecule has 3 N–H and O–H groups in total. The lowest BCUT2D eigenvalue weighted by Crippen LogP contribution is -2.10. The van der Waals surface area contributed by atoms with Crippen molar-refractivity contribution < 1.29 is 9.13 Å². The summed E-state index contributed by atoms with van der Waals surface area (Å²) in [7, 11) is 0. The maximum Gasteiger partial charge on any atom is 0.123 e. The van der Waals surface area contributed by atoms with E-state index in [0.717, 1.165) is 11.1 Å². The fourth-order valence-corrected chi connectivity index (χ4v) is 1.72. The maximum atomic E-state index is 12.9. The Bertz CT molecular complexity index is 594. The van der Waals surface area contributed by atoms with Gasteiger partial charge in [0.15, 0.2) is 0 Å². The minimum absolute atomic E-state index is 0.0434. The predicted molar refractivity (Wildman–Crippen MR) is 72.9 cm³/mol. The molecule has 0 radical (unpaired) electrons. The first-order valence-corrected chi connectivity index (χ1v) is 5.88. The van der Waals surface area contributed by atoms with Crippen LogP contribution >= 0.6 is 0 Å². The molecule has 0 saturated heterocycles. The van der Waals surface area contributed by atoms with Crippen LogP contribution in [0, 0.1) is 18.2 Å². The summed E-state index contributed by atoms with van der Waals surface area (Å²) in [5.74, 6) is 0.439. The number of hydrogen-bond acceptors (Lipinski definition) is 2. The standard InChI is InChI=1S/C15H15FN2O/c1-10-8-13(16)6-7-14(10)19-9-11-2-4-12(5-3-11)15(17)18/h2-8H,9H2,1H3,(H3,17,18). The molecule has 0 bridgehead atoms. The van der Waals surface area contributed by atoms with Gasteiger partial charge in [0.25, 0.3) is 0 Å². The number of aryl methyl sites for hydroxylation is 1. The van der Waals surface area contributed by atoms with Crippen LogP contribution < -0.4 is 10.5 Å². The Hall–Kier alpha value is -2.36. The van der Waals surface area contributed by atoms with E-state index in [2.05, 4.69) is 0 Å². The van der Waals surface area contributed by atoms with Gasteiger partial charge in [-0.1, -0.05) is 24.3 Å². The van der Waals surface area contributed by atoms with Crippen LogP contribution in [0.2, 0.25) is 0 Å². The number of halogens is 1. The van der Waals surface area contributed by atoms with Crippen LogP contribution in [0.4, 0.5) is 4.39 Å². The van der Waals surface area contributed by atoms with E-state index >= 15 is 0 Å². The van der Waals surface area contributed by atoms with Crippen LogP contribution in [-0.2, 0) is 6.61 Å². The normalized spacial score (nSPS) is 10.2. The molecule has 0 saturated carbocycles. The smallest absolute Gasteiger partial charge is 0.123 e. The van der Waals surface area contributed by atoms with Crippen LogP contribution in [-0.4, -0.2) is 5.84 Å². The summed E-state index contributed by atoms with van der Waals surface area (Å²) in [6, 6.07) is 11.7. The highest BCUT2D eigenvalue weighted by Gasteiger charge is 2.02. The highest BCUT2D eigenvalue weighted by molar-refractivity contribution is 5.94. The Kier molecular flexibility index (Phi) is 3.80. The average Bonchev–Trinajstić information content (AvgIpc) is 2.38. The Balaban J connectivity index is 2.04. The second-order valence-corrected chi connectivity index (χ2v) is 4.31. The molecule has 0 aliphatic heterocycles. The van der Waals surface area contributed by atoms with Crippen molar-refractivity contribution in [2.24, 2.45) is 5.73 Å². The van der Waals surface area contributed by atoms with Gasteiger partial charge >= 0.3 is 0 Å². The van der Waals surface area contributed by atoms with Gasteiger partial charge in [-0.15, -0.1) is 0 Å². The number of hydrogen-bond donors (Lipinski definition) is 2. The molecule has 3 nitrogen and oxygen atoms in total. The quantitative estimate of drug-likeness (QED) is 0.654. The van der Waals surface area contributed by atoms with Crippen LogP contribution in [0.25, 0.3) is 0 Å². The van der Waals surface area contributed by atoms with E-state index in [1.807, 2.05) is 12.1 Å². The van der Waals surface area contributed by atoms with Gasteiger partial charge in [0.1, 0.15) is 24.0 Å². The minimum atomic E-state index is -0.268. The van der Waals surface area contributed by atoms with Crippen molar-refractivity contribution in [1.82, 2.24) is 0 Å². The fourth-order valence-electron chi connectivity index (χ4n) is 1.72. The Labute approximate surface area is 111 Å². The van der Waals surface area contributed by atoms with Crippen LogP contribution in [0.15, 0.2) is 42.5 Å². The highest BCUT2D eigenvalue weighted by atomic mass is 19.1. The molecule has 0 amide bonds. The molecular weight excluding hydrogens is 243 g/mol. The third-order valence-electron chi connectivity index (χ3n) is 2.80. The molecule has 4 heteroatoms. The molecule has 0 spiro atoms. The maximum absolute atomic E-state index is 12.9. The molecule has 0 aliphatic carbocycles. The zero-order chi connectivity index (χ0) is 13.8. The van der Waals surface area contributed by atoms with Crippen LogP contribution in [0.3, 0.4) is 0 Å². The number of nitrogens with two attached hydrogens (primary N) is 1. The summed E-state index contributed by atoms with van der Waals surface area (Å²) in [5, 5.41) is 7.30. The van der Waals surface area contributed by atoms with Crippen LogP contribution in [0.5, 0.6) is 5.75 Å². The van der Waals surface area contributed by atoms with Crippen molar-refractivity contribution in [1.29, 1.82) is 5.41 Å². The molecule has 98 valence electrons. The summed E-state index contributed by atoms with van der Waals surface area (Å²) in [6.45, 7) is 2.20. The lowest BCUT2D eigenvalue weighted by atomic mass is 10.1. The molecule has 0 unspecified atom stereocenters. The predicted octanol–water partition coefficient (Wildman–Crippen LogP) is 3.00. The Morgan fingerprint density at radius 3 is 2.47 bits per heavy atom. The van der Waals surface area contributed by atoms with E-state index in [9.17, 15) is 4.39 Å². The molecule has 0 aromatic heterocycles. The lowest BCUT2D eigenvalue weighted by Gasteiger charge is -2.09. The second-order valence-electron chi connectivity index (χ2n) is 4.31. The number of ether oxygens (including phenoxy) is 1. The first-order chi connectivity index (χ1) is 9.06. The van der Waals surface area contributed by atoms with E-state index in [0.29, 0.717) is 17.9 Å². The summed E-state index contributed by atoms with van der Waals surface area (Å²) in [4.78, 5) is 0. The van der Waals surface area contributed by atoms with Crippen molar-refractivity contribution in [3.63, 3.8) is 0 Å². The Morgan fingerprint density at radius 1 is 1.21 bits per heavy atom. The molecule has 0 atom stereocenters. The number of nitrogens with one attached hydrogen (secondary N) is 1. The van der Waals surface area contributed by atoms with Crippen molar-refractivity contribution in [2.45, 2.75) is 13.5 Å². The number of nitrogen functional groups attached to an aromatic ring is 1. The van der Waals surface area contributed by atoms with Crippen LogP contribution in [0.1, 0.15) is 16.7 Å². The molecule has 0 aliphatic rings. The first kappa shape index (κ1) is 13.1. The molecule has 2 rings (SSSR count). The van der Waals surface area contributed by atoms with Gasteiger partial charge in [-0.3, -0.25) is 5.41 Å². The third-order valence-corrected chi connectivity index (χ3v) is 2.80. The summed E-state index contributed by atoms with van der Waals surface area (Å²) >= 11 is 0. The van der Waals surface area contributed by atoms with Gasteiger partial charge in [0.05, 0.1) is 0 Å². The summed E-state index contributed by atoms with van der Waals surface area (Å²) in [6.07, 6.45) is 0. The van der Waals surface area contributed by atoms with Gasteiger partial charge in [0.2, 0.25) is 0 Å². The lowest BCUT2D eigenvalue weighted by molar-refractivity contribution is 0.303. The number of benzene rings is 2. The van der Waals surface area contributed by atoms with E-state index in [4.69, 9.17) is 15.9 Å². The molecular formula is C15H15FN2O. The van der Waals surface area contributed by atoms with Gasteiger partial charge in [-0.05, 0) is 36.2 Å². The summed E-state index contributed by atoms with van der Waals surface area (Å²) in [5.41, 5.74) is 7.79. The van der Waals surface area contributed by atoms with Gasteiger partial charge in [0, 0.05) is 5.56 Å². The first-order valence-electron chi connectivity index (χ1n) is 5.88. The molecule has 0 fully saturated rings. The third kappa shape index (κ3) is 3.31. The zero-order valence-electron chi connectivity index (χ0n) is 10.6. The topological polar surface area (TPSA) is 59.1 Å². The molecule has 0 heterocycles. The summed E-state index contributed by atoms with van der Waals surface area (Å²) < 4.78 is 18.6. The van der Waals surface area contributed by atoms with Gasteiger partial charge in [-0.25, -0.2) is 4.39 Å². The second kappa shape index (κ2) is 5.52. The zero-order valence-corrected chi connectivity index (χ0v) is 10.6. The SMILES string of the molecule is Cc1cc(F)ccc1OCc1ccc(C(=N)N)cc1. The van der Waals surface area contributed by atoms with Crippen molar-refractivity contribution in [3.8, 4) is 5.75 Å². The van der Waals surface area contributed by atoms with E-state index in [1.165, 1.54) is 12.1 Å². The minimum Gasteiger partial charge on any atom is -0.489 e. The van der Waals surface area contributed by atoms with Crippen molar-refractivity contribution >= 4 is 5.84 Å². The number of rotatable bonds is 4. The van der Waals surface area contributed by atoms with Crippen molar-refractivity contribution in [3.05, 3.63) is 65.0 Å². The van der Waals surface area contributed by atoms with Gasteiger partial charge < -0.3 is 10.5 Å². The van der Waals surface area contributed by atoms with E-state index in [-0.39, 0.29) is 11.7 Å². The van der Waals surface area contributed by atoms with Gasteiger partial charge in [-0.2, -0.15) is 0 Å². The monoisotopic (exact) mass is 258 g/mol. The van der Waals surface area contributed by atoms with Crippen molar-refractivity contribution in [2.75, 3.05) is 0 Å². The average molecular weight is 258 g/mol. The van der Waals surface area contributed by atoms with E-state index in [1.54, 1.807) is 25.1 Å². The molecule has 19 heavy (non-hydrogen) atoms. The molecule has 2 aromatic carbocycles. The molecule has 2 aromatic rings. The Morgan fingerprint density at radius 2 is 1.89 bits per heavy atom. The highest BCUT2D eigenvalue weighted by Crippen LogP contribution is 2.19. The van der Waals surface area contributed by atoms with E-state index < -0.39 is 0 Å². The largest absolute Gasteiger partial charge is 0.489 e. The number of amidine groups is 1.